The number of carbonyl (C=O) groups is 1. The summed E-state index contributed by atoms with van der Waals surface area (Å²) in [4.78, 5) is 11.5. The van der Waals surface area contributed by atoms with Crippen molar-refractivity contribution >= 4 is 5.78 Å². The molecule has 0 spiro atoms. The number of ketones is 1. The van der Waals surface area contributed by atoms with Crippen LogP contribution in [0.3, 0.4) is 0 Å². The summed E-state index contributed by atoms with van der Waals surface area (Å²) >= 11 is 0. The maximum atomic E-state index is 11.5. The van der Waals surface area contributed by atoms with E-state index in [0.29, 0.717) is 5.78 Å². The molecule has 1 fully saturated rings. The van der Waals surface area contributed by atoms with Gasteiger partial charge in [0, 0.05) is 12.3 Å². The largest absolute Gasteiger partial charge is 0.299 e. The van der Waals surface area contributed by atoms with Crippen molar-refractivity contribution in [1.82, 2.24) is 0 Å². The molecule has 0 saturated heterocycles. The Kier molecular flexibility index (Phi) is 6.38. The minimum absolute atomic E-state index is 0.255. The minimum Gasteiger partial charge on any atom is -0.299 e. The second-order valence-electron chi connectivity index (χ2n) is 4.60. The zero-order valence-corrected chi connectivity index (χ0v) is 10.0. The van der Waals surface area contributed by atoms with E-state index in [1.54, 1.807) is 0 Å². The van der Waals surface area contributed by atoms with Gasteiger partial charge >= 0.3 is 0 Å². The molecule has 1 atom stereocenters. The Morgan fingerprint density at radius 1 is 1.27 bits per heavy atom. The molecule has 0 bridgehead atoms. The van der Waals surface area contributed by atoms with Crippen molar-refractivity contribution in [2.24, 2.45) is 5.92 Å². The van der Waals surface area contributed by atoms with Crippen LogP contribution in [-0.2, 0) is 4.79 Å². The summed E-state index contributed by atoms with van der Waals surface area (Å²) in [6, 6.07) is 0. The molecule has 1 saturated carbocycles. The Labute approximate surface area is 93.9 Å². The van der Waals surface area contributed by atoms with Gasteiger partial charge in [-0.2, -0.15) is 0 Å². The Hall–Kier alpha value is -0.590. The number of hydrogen-bond donors (Lipinski definition) is 0. The molecule has 0 heterocycles. The lowest BCUT2D eigenvalue weighted by molar-refractivity contribution is -0.122. The van der Waals surface area contributed by atoms with Crippen molar-refractivity contribution in [3.8, 4) is 0 Å². The second kappa shape index (κ2) is 7.67. The molecule has 0 amide bonds. The van der Waals surface area contributed by atoms with Crippen LogP contribution < -0.4 is 0 Å². The van der Waals surface area contributed by atoms with E-state index >= 15 is 0 Å². The van der Waals surface area contributed by atoms with Crippen molar-refractivity contribution in [3.05, 3.63) is 12.2 Å². The van der Waals surface area contributed by atoms with Crippen LogP contribution in [0.15, 0.2) is 12.2 Å². The molecule has 0 radical (unpaired) electrons. The van der Waals surface area contributed by atoms with E-state index in [1.807, 2.05) is 0 Å². The lowest BCUT2D eigenvalue weighted by atomic mass is 9.87. The van der Waals surface area contributed by atoms with Crippen molar-refractivity contribution < 1.29 is 4.79 Å². The highest BCUT2D eigenvalue weighted by Gasteiger charge is 2.18. The maximum Gasteiger partial charge on any atom is 0.139 e. The molecule has 0 aromatic heterocycles. The number of hydrogen-bond acceptors (Lipinski definition) is 1. The Morgan fingerprint density at radius 3 is 2.87 bits per heavy atom. The highest BCUT2D eigenvalue weighted by Crippen LogP contribution is 2.21. The van der Waals surface area contributed by atoms with E-state index in [2.05, 4.69) is 19.1 Å². The molecule has 1 unspecified atom stereocenters. The lowest BCUT2D eigenvalue weighted by Crippen LogP contribution is -2.16. The summed E-state index contributed by atoms with van der Waals surface area (Å²) in [6.07, 6.45) is 15.0. The van der Waals surface area contributed by atoms with Crippen LogP contribution in [0.5, 0.6) is 0 Å². The van der Waals surface area contributed by atoms with Crippen LogP contribution >= 0.6 is 0 Å². The van der Waals surface area contributed by atoms with E-state index in [-0.39, 0.29) is 5.92 Å². The summed E-state index contributed by atoms with van der Waals surface area (Å²) in [6.45, 7) is 2.23. The molecule has 15 heavy (non-hydrogen) atoms. The van der Waals surface area contributed by atoms with Crippen molar-refractivity contribution in [3.63, 3.8) is 0 Å². The van der Waals surface area contributed by atoms with E-state index in [4.69, 9.17) is 0 Å². The van der Waals surface area contributed by atoms with Gasteiger partial charge in [0.1, 0.15) is 5.78 Å². The summed E-state index contributed by atoms with van der Waals surface area (Å²) < 4.78 is 0. The first kappa shape index (κ1) is 12.5. The fourth-order valence-corrected chi connectivity index (χ4v) is 2.16. The monoisotopic (exact) mass is 208 g/mol. The molecule has 86 valence electrons. The number of allylic oxidation sites excluding steroid dienone is 2. The quantitative estimate of drug-likeness (QED) is 0.470. The van der Waals surface area contributed by atoms with Gasteiger partial charge in [0.25, 0.3) is 0 Å². The van der Waals surface area contributed by atoms with Crippen LogP contribution in [-0.4, -0.2) is 5.78 Å². The standard InChI is InChI=1S/C14H24O/c1-2-3-4-5-6-7-10-13-11-8-9-12-14(13)15/h7,10,13H,2-6,8-9,11-12H2,1H3. The third kappa shape index (κ3) is 5.15. The molecule has 0 aromatic carbocycles. The van der Waals surface area contributed by atoms with Crippen molar-refractivity contribution in [1.29, 1.82) is 0 Å². The topological polar surface area (TPSA) is 17.1 Å². The minimum atomic E-state index is 0.255. The Balaban J connectivity index is 2.10. The number of Topliss-reactive ketones (excluding diaryl/α,β-unsaturated/α-hetero) is 1. The molecule has 1 aliphatic rings. The van der Waals surface area contributed by atoms with Gasteiger partial charge in [0.05, 0.1) is 0 Å². The van der Waals surface area contributed by atoms with E-state index in [0.717, 1.165) is 25.7 Å². The summed E-state index contributed by atoms with van der Waals surface area (Å²) in [7, 11) is 0. The molecule has 0 N–H and O–H groups in total. The van der Waals surface area contributed by atoms with Crippen LogP contribution in [0.25, 0.3) is 0 Å². The molecule has 1 heteroatoms. The van der Waals surface area contributed by atoms with E-state index < -0.39 is 0 Å². The normalized spacial score (nSPS) is 22.5. The molecule has 1 nitrogen and oxygen atoms in total. The predicted octanol–water partition coefficient (Wildman–Crippen LogP) is 4.27. The number of rotatable bonds is 6. The SMILES string of the molecule is CCCCCCC=CC1CCCCC1=O. The zero-order valence-electron chi connectivity index (χ0n) is 10.0. The summed E-state index contributed by atoms with van der Waals surface area (Å²) in [5.41, 5.74) is 0. The molecule has 1 rings (SSSR count). The Morgan fingerprint density at radius 2 is 2.13 bits per heavy atom. The smallest absolute Gasteiger partial charge is 0.139 e. The van der Waals surface area contributed by atoms with Gasteiger partial charge < -0.3 is 0 Å². The number of unbranched alkanes of at least 4 members (excludes halogenated alkanes) is 4. The fraction of sp³-hybridized carbons (Fsp3) is 0.786. The van der Waals surface area contributed by atoms with Crippen molar-refractivity contribution in [2.75, 3.05) is 0 Å². The van der Waals surface area contributed by atoms with Gasteiger partial charge in [0.2, 0.25) is 0 Å². The van der Waals surface area contributed by atoms with Gasteiger partial charge in [-0.3, -0.25) is 4.79 Å². The molecule has 0 aromatic rings. The summed E-state index contributed by atoms with van der Waals surface area (Å²) in [5.74, 6) is 0.719. The van der Waals surface area contributed by atoms with E-state index in [1.165, 1.54) is 32.1 Å². The van der Waals surface area contributed by atoms with Gasteiger partial charge in [0.15, 0.2) is 0 Å². The first-order chi connectivity index (χ1) is 7.34. The maximum absolute atomic E-state index is 11.5. The first-order valence-corrected chi connectivity index (χ1v) is 6.54. The first-order valence-electron chi connectivity index (χ1n) is 6.54. The van der Waals surface area contributed by atoms with E-state index in [9.17, 15) is 4.79 Å². The predicted molar refractivity (Wildman–Crippen MR) is 64.9 cm³/mol. The van der Waals surface area contributed by atoms with Crippen molar-refractivity contribution in [2.45, 2.75) is 64.7 Å². The average Bonchev–Trinajstić information content (AvgIpc) is 2.25. The van der Waals surface area contributed by atoms with Gasteiger partial charge in [-0.25, -0.2) is 0 Å². The third-order valence-electron chi connectivity index (χ3n) is 3.19. The second-order valence-corrected chi connectivity index (χ2v) is 4.60. The zero-order chi connectivity index (χ0) is 10.9. The highest BCUT2D eigenvalue weighted by molar-refractivity contribution is 5.83. The van der Waals surface area contributed by atoms with Crippen LogP contribution in [0, 0.1) is 5.92 Å². The van der Waals surface area contributed by atoms with Crippen LogP contribution in [0.1, 0.15) is 64.7 Å². The van der Waals surface area contributed by atoms with Gasteiger partial charge in [-0.1, -0.05) is 44.8 Å². The molecule has 1 aliphatic carbocycles. The number of carbonyl (C=O) groups excluding carboxylic acids is 1. The van der Waals surface area contributed by atoms with Crippen LogP contribution in [0.2, 0.25) is 0 Å². The molecular formula is C14H24O. The van der Waals surface area contributed by atoms with Gasteiger partial charge in [-0.05, 0) is 25.7 Å². The molecule has 0 aliphatic heterocycles. The highest BCUT2D eigenvalue weighted by atomic mass is 16.1. The third-order valence-corrected chi connectivity index (χ3v) is 3.19. The fourth-order valence-electron chi connectivity index (χ4n) is 2.16. The van der Waals surface area contributed by atoms with Crippen LogP contribution in [0.4, 0.5) is 0 Å². The summed E-state index contributed by atoms with van der Waals surface area (Å²) in [5, 5.41) is 0. The average molecular weight is 208 g/mol. The lowest BCUT2D eigenvalue weighted by Gasteiger charge is -2.16. The Bertz CT molecular complexity index is 205. The molecular weight excluding hydrogens is 184 g/mol. The van der Waals surface area contributed by atoms with Gasteiger partial charge in [-0.15, -0.1) is 0 Å².